The normalized spacial score (nSPS) is 13.3. The summed E-state index contributed by atoms with van der Waals surface area (Å²) in [5.41, 5.74) is 5.19. The quantitative estimate of drug-likeness (QED) is 0.731. The second kappa shape index (κ2) is 6.75. The largest absolute Gasteiger partial charge is 0.453 e. The van der Waals surface area contributed by atoms with E-state index in [1.807, 2.05) is 31.2 Å². The van der Waals surface area contributed by atoms with Crippen molar-refractivity contribution in [2.24, 2.45) is 0 Å². The first-order chi connectivity index (χ1) is 13.0. The molecule has 0 unspecified atom stereocenters. The molecular weight excluding hydrogens is 344 g/mol. The van der Waals surface area contributed by atoms with Gasteiger partial charge in [-0.25, -0.2) is 4.79 Å². The number of nitrogens with zero attached hydrogens (tertiary/aromatic N) is 2. The Morgan fingerprint density at radius 1 is 1.26 bits per heavy atom. The number of benzene rings is 1. The van der Waals surface area contributed by atoms with E-state index in [1.165, 1.54) is 7.11 Å². The molecule has 0 bridgehead atoms. The van der Waals surface area contributed by atoms with Gasteiger partial charge in [0.15, 0.2) is 0 Å². The minimum atomic E-state index is -0.370. The number of aromatic nitrogens is 2. The molecule has 2 N–H and O–H groups in total. The Bertz CT molecular complexity index is 1040. The third-order valence-corrected chi connectivity index (χ3v) is 4.83. The van der Waals surface area contributed by atoms with E-state index < -0.39 is 0 Å². The van der Waals surface area contributed by atoms with Crippen molar-refractivity contribution in [2.45, 2.75) is 19.9 Å². The number of hydrogen-bond acceptors (Lipinski definition) is 4. The number of amides is 2. The van der Waals surface area contributed by atoms with Crippen LogP contribution in [0.2, 0.25) is 0 Å². The number of anilines is 1. The van der Waals surface area contributed by atoms with E-state index in [0.29, 0.717) is 25.1 Å². The number of aryl methyl sites for hydroxylation is 1. The van der Waals surface area contributed by atoms with Crippen LogP contribution in [0.15, 0.2) is 36.7 Å². The van der Waals surface area contributed by atoms with Crippen LogP contribution >= 0.6 is 0 Å². The van der Waals surface area contributed by atoms with E-state index in [1.54, 1.807) is 17.3 Å². The molecule has 2 aromatic heterocycles. The molecule has 1 aromatic carbocycles. The molecule has 0 radical (unpaired) electrons. The first-order valence-corrected chi connectivity index (χ1v) is 8.74. The van der Waals surface area contributed by atoms with Crippen molar-refractivity contribution in [1.82, 2.24) is 14.9 Å². The highest BCUT2D eigenvalue weighted by atomic mass is 16.5. The number of hydrogen-bond donors (Lipinski definition) is 2. The Kier molecular flexibility index (Phi) is 4.27. The number of methoxy groups -OCH3 is 1. The lowest BCUT2D eigenvalue weighted by atomic mass is 9.97. The van der Waals surface area contributed by atoms with Gasteiger partial charge in [-0.05, 0) is 48.7 Å². The first-order valence-electron chi connectivity index (χ1n) is 8.74. The van der Waals surface area contributed by atoms with Crippen LogP contribution in [0.1, 0.15) is 27.2 Å². The molecule has 0 spiro atoms. The number of carbonyl (C=O) groups excluding carboxylic acids is 2. The van der Waals surface area contributed by atoms with E-state index in [2.05, 4.69) is 15.3 Å². The fourth-order valence-electron chi connectivity index (χ4n) is 3.53. The minimum Gasteiger partial charge on any atom is -0.453 e. The predicted octanol–water partition coefficient (Wildman–Crippen LogP) is 3.25. The monoisotopic (exact) mass is 364 g/mol. The molecule has 2 amide bonds. The fourth-order valence-corrected chi connectivity index (χ4v) is 3.53. The minimum absolute atomic E-state index is 0.197. The topological polar surface area (TPSA) is 87.3 Å². The summed E-state index contributed by atoms with van der Waals surface area (Å²) in [5, 5.41) is 4.01. The Balaban J connectivity index is 1.58. The third-order valence-electron chi connectivity index (χ3n) is 4.83. The number of nitrogens with one attached hydrogen (secondary N) is 2. The van der Waals surface area contributed by atoms with Crippen molar-refractivity contribution in [3.8, 4) is 0 Å². The van der Waals surface area contributed by atoms with E-state index >= 15 is 0 Å². The molecule has 1 aliphatic rings. The SMILES string of the molecule is COC(=O)N1CCc2c(cncc2C(=O)Nc2ccc3[nH]c(C)cc3c2)C1. The maximum atomic E-state index is 12.8. The summed E-state index contributed by atoms with van der Waals surface area (Å²) in [5.74, 6) is -0.197. The molecule has 4 rings (SSSR count). The van der Waals surface area contributed by atoms with Gasteiger partial charge in [0.2, 0.25) is 0 Å². The molecule has 3 aromatic rings. The number of rotatable bonds is 2. The Morgan fingerprint density at radius 2 is 2.11 bits per heavy atom. The van der Waals surface area contributed by atoms with Crippen LogP contribution < -0.4 is 5.32 Å². The van der Waals surface area contributed by atoms with Gasteiger partial charge in [-0.3, -0.25) is 9.78 Å². The number of pyridine rings is 1. The molecule has 0 aliphatic carbocycles. The molecule has 7 heteroatoms. The molecule has 138 valence electrons. The van der Waals surface area contributed by atoms with Gasteiger partial charge in [0, 0.05) is 41.2 Å². The van der Waals surface area contributed by atoms with Crippen molar-refractivity contribution < 1.29 is 14.3 Å². The van der Waals surface area contributed by atoms with Crippen molar-refractivity contribution in [1.29, 1.82) is 0 Å². The summed E-state index contributed by atoms with van der Waals surface area (Å²) >= 11 is 0. The fraction of sp³-hybridized carbons (Fsp3) is 0.250. The first kappa shape index (κ1) is 17.1. The van der Waals surface area contributed by atoms with Crippen LogP contribution in [0.3, 0.4) is 0 Å². The average molecular weight is 364 g/mol. The number of aromatic amines is 1. The molecule has 7 nitrogen and oxygen atoms in total. The van der Waals surface area contributed by atoms with Crippen LogP contribution in [0.4, 0.5) is 10.5 Å². The van der Waals surface area contributed by atoms with Crippen molar-refractivity contribution in [2.75, 3.05) is 19.0 Å². The molecule has 27 heavy (non-hydrogen) atoms. The highest BCUT2D eigenvalue weighted by molar-refractivity contribution is 6.06. The second-order valence-electron chi connectivity index (χ2n) is 6.67. The van der Waals surface area contributed by atoms with E-state index in [9.17, 15) is 9.59 Å². The summed E-state index contributed by atoms with van der Waals surface area (Å²) in [7, 11) is 1.36. The van der Waals surface area contributed by atoms with Crippen LogP contribution in [-0.4, -0.2) is 40.5 Å². The van der Waals surface area contributed by atoms with Gasteiger partial charge in [-0.1, -0.05) is 0 Å². The number of ether oxygens (including phenoxy) is 1. The summed E-state index contributed by atoms with van der Waals surface area (Å²) < 4.78 is 4.78. The zero-order valence-electron chi connectivity index (χ0n) is 15.2. The zero-order valence-corrected chi connectivity index (χ0v) is 15.2. The number of fused-ring (bicyclic) bond motifs is 2. The predicted molar refractivity (Wildman–Crippen MR) is 102 cm³/mol. The van der Waals surface area contributed by atoms with Gasteiger partial charge in [0.05, 0.1) is 19.2 Å². The van der Waals surface area contributed by atoms with Crippen molar-refractivity contribution >= 4 is 28.6 Å². The van der Waals surface area contributed by atoms with Gasteiger partial charge >= 0.3 is 6.09 Å². The summed E-state index contributed by atoms with van der Waals surface area (Å²) in [6, 6.07) is 7.81. The van der Waals surface area contributed by atoms with Gasteiger partial charge in [-0.15, -0.1) is 0 Å². The average Bonchev–Trinajstić information content (AvgIpc) is 3.05. The summed E-state index contributed by atoms with van der Waals surface area (Å²) in [6.45, 7) is 2.90. The lowest BCUT2D eigenvalue weighted by Gasteiger charge is -2.28. The molecule has 0 saturated carbocycles. The molecule has 0 atom stereocenters. The van der Waals surface area contributed by atoms with Gasteiger partial charge < -0.3 is 19.9 Å². The summed E-state index contributed by atoms with van der Waals surface area (Å²) in [6.07, 6.45) is 3.51. The van der Waals surface area contributed by atoms with Crippen LogP contribution in [-0.2, 0) is 17.7 Å². The van der Waals surface area contributed by atoms with Crippen LogP contribution in [0.5, 0.6) is 0 Å². The zero-order chi connectivity index (χ0) is 19.0. The maximum absolute atomic E-state index is 12.8. The van der Waals surface area contributed by atoms with Crippen LogP contribution in [0.25, 0.3) is 10.9 Å². The smallest absolute Gasteiger partial charge is 0.409 e. The van der Waals surface area contributed by atoms with Crippen molar-refractivity contribution in [3.05, 3.63) is 59.0 Å². The highest BCUT2D eigenvalue weighted by Crippen LogP contribution is 2.24. The maximum Gasteiger partial charge on any atom is 0.409 e. The number of carbonyl (C=O) groups is 2. The lowest BCUT2D eigenvalue weighted by Crippen LogP contribution is -2.36. The second-order valence-corrected chi connectivity index (χ2v) is 6.67. The van der Waals surface area contributed by atoms with E-state index in [-0.39, 0.29) is 12.0 Å². The third kappa shape index (κ3) is 3.23. The number of H-pyrrole nitrogens is 1. The Hall–Kier alpha value is -3.35. The van der Waals surface area contributed by atoms with E-state index in [4.69, 9.17) is 4.74 Å². The van der Waals surface area contributed by atoms with E-state index in [0.717, 1.165) is 33.4 Å². The van der Waals surface area contributed by atoms with Crippen molar-refractivity contribution in [3.63, 3.8) is 0 Å². The highest BCUT2D eigenvalue weighted by Gasteiger charge is 2.25. The molecular formula is C20H20N4O3. The van der Waals surface area contributed by atoms with Gasteiger partial charge in [-0.2, -0.15) is 0 Å². The Labute approximate surface area is 156 Å². The molecule has 3 heterocycles. The standard InChI is InChI=1S/C20H20N4O3/c1-12-7-13-8-15(3-4-18(13)22-12)23-19(25)17-10-21-9-14-11-24(20(26)27-2)6-5-16(14)17/h3-4,7-10,22H,5-6,11H2,1-2H3,(H,23,25). The van der Waals surface area contributed by atoms with Gasteiger partial charge in [0.25, 0.3) is 5.91 Å². The molecule has 0 saturated heterocycles. The lowest BCUT2D eigenvalue weighted by molar-refractivity contribution is 0.102. The van der Waals surface area contributed by atoms with Crippen LogP contribution in [0, 0.1) is 6.92 Å². The summed E-state index contributed by atoms with van der Waals surface area (Å²) in [4.78, 5) is 33.6. The molecule has 0 fully saturated rings. The molecule has 1 aliphatic heterocycles. The Morgan fingerprint density at radius 3 is 2.93 bits per heavy atom. The van der Waals surface area contributed by atoms with Gasteiger partial charge in [0.1, 0.15) is 0 Å².